The monoisotopic (exact) mass is 367 g/mol. The summed E-state index contributed by atoms with van der Waals surface area (Å²) in [6, 6.07) is 4.17. The molecule has 0 spiro atoms. The van der Waals surface area contributed by atoms with Crippen molar-refractivity contribution in [1.82, 2.24) is 0 Å². The van der Waals surface area contributed by atoms with E-state index in [0.717, 1.165) is 22.3 Å². The van der Waals surface area contributed by atoms with Gasteiger partial charge in [-0.2, -0.15) is 11.8 Å². The molecular formula is C13H16BrCl2NS. The Morgan fingerprint density at radius 2 is 1.94 bits per heavy atom. The second-order valence-corrected chi connectivity index (χ2v) is 8.23. The van der Waals surface area contributed by atoms with Gasteiger partial charge in [0.2, 0.25) is 0 Å². The third-order valence-corrected chi connectivity index (χ3v) is 5.64. The molecule has 0 amide bonds. The normalized spacial score (nSPS) is 22.8. The molecule has 1 aliphatic heterocycles. The van der Waals surface area contributed by atoms with Gasteiger partial charge in [0, 0.05) is 16.3 Å². The van der Waals surface area contributed by atoms with E-state index in [-0.39, 0.29) is 0 Å². The number of hydrogen-bond acceptors (Lipinski definition) is 2. The van der Waals surface area contributed by atoms with Crippen LogP contribution in [-0.2, 0) is 0 Å². The molecule has 1 nitrogen and oxygen atoms in total. The van der Waals surface area contributed by atoms with Gasteiger partial charge >= 0.3 is 0 Å². The number of hydrogen-bond donors (Lipinski definition) is 1. The minimum absolute atomic E-state index is 0.370. The fourth-order valence-electron chi connectivity index (χ4n) is 2.24. The van der Waals surface area contributed by atoms with Crippen LogP contribution >= 0.6 is 50.9 Å². The number of rotatable bonds is 2. The zero-order valence-corrected chi connectivity index (χ0v) is 14.3. The molecule has 0 bridgehead atoms. The largest absolute Gasteiger partial charge is 0.379 e. The molecule has 0 radical (unpaired) electrons. The first-order chi connectivity index (χ1) is 8.37. The van der Waals surface area contributed by atoms with E-state index in [2.05, 4.69) is 35.1 Å². The molecule has 0 saturated carbocycles. The Morgan fingerprint density at radius 3 is 2.50 bits per heavy atom. The molecule has 18 heavy (non-hydrogen) atoms. The predicted octanol–water partition coefficient (Wildman–Crippen LogP) is 5.70. The lowest BCUT2D eigenvalue weighted by Gasteiger charge is -2.35. The van der Waals surface area contributed by atoms with Gasteiger partial charge < -0.3 is 5.32 Å². The molecule has 1 aliphatic rings. The summed E-state index contributed by atoms with van der Waals surface area (Å²) >= 11 is 17.9. The van der Waals surface area contributed by atoms with E-state index in [1.165, 1.54) is 5.75 Å². The van der Waals surface area contributed by atoms with Crippen molar-refractivity contribution in [3.05, 3.63) is 26.7 Å². The summed E-state index contributed by atoms with van der Waals surface area (Å²) in [4.78, 5) is 0. The van der Waals surface area contributed by atoms with E-state index in [4.69, 9.17) is 23.2 Å². The van der Waals surface area contributed by atoms with Gasteiger partial charge in [-0.1, -0.05) is 53.0 Å². The van der Waals surface area contributed by atoms with Crippen LogP contribution in [-0.4, -0.2) is 17.5 Å². The lowest BCUT2D eigenvalue weighted by Crippen LogP contribution is -2.35. The zero-order valence-electron chi connectivity index (χ0n) is 10.4. The van der Waals surface area contributed by atoms with Gasteiger partial charge in [-0.25, -0.2) is 0 Å². The third kappa shape index (κ3) is 3.72. The maximum atomic E-state index is 6.24. The third-order valence-electron chi connectivity index (χ3n) is 2.97. The molecular weight excluding hydrogens is 353 g/mol. The molecule has 1 aromatic rings. The maximum Gasteiger partial charge on any atom is 0.0722 e. The first-order valence-electron chi connectivity index (χ1n) is 5.86. The SMILES string of the molecule is CC1(C)CSCC(Nc2c(Cl)cc(Br)cc2Cl)C1. The van der Waals surface area contributed by atoms with E-state index >= 15 is 0 Å². The summed E-state index contributed by atoms with van der Waals surface area (Å²) in [6.45, 7) is 4.61. The average molecular weight is 369 g/mol. The quantitative estimate of drug-likeness (QED) is 0.718. The van der Waals surface area contributed by atoms with Gasteiger partial charge in [-0.3, -0.25) is 0 Å². The number of anilines is 1. The van der Waals surface area contributed by atoms with Crippen LogP contribution in [0.1, 0.15) is 20.3 Å². The molecule has 100 valence electrons. The van der Waals surface area contributed by atoms with E-state index in [9.17, 15) is 0 Å². The second kappa shape index (κ2) is 5.82. The van der Waals surface area contributed by atoms with Crippen LogP contribution in [0.3, 0.4) is 0 Å². The standard InChI is InChI=1S/C13H16BrCl2NS/c1-13(2)5-9(6-18-7-13)17-12-10(15)3-8(14)4-11(12)16/h3-4,9,17H,5-7H2,1-2H3. The van der Waals surface area contributed by atoms with Crippen LogP contribution in [0.2, 0.25) is 10.0 Å². The minimum Gasteiger partial charge on any atom is -0.379 e. The highest BCUT2D eigenvalue weighted by Crippen LogP contribution is 2.38. The van der Waals surface area contributed by atoms with Crippen LogP contribution in [0.25, 0.3) is 0 Å². The van der Waals surface area contributed by atoms with E-state index in [0.29, 0.717) is 21.5 Å². The molecule has 2 rings (SSSR count). The van der Waals surface area contributed by atoms with Crippen molar-refractivity contribution in [2.45, 2.75) is 26.3 Å². The van der Waals surface area contributed by atoms with Crippen LogP contribution < -0.4 is 5.32 Å². The Kier molecular flexibility index (Phi) is 4.80. The van der Waals surface area contributed by atoms with Crippen LogP contribution in [0, 0.1) is 5.41 Å². The van der Waals surface area contributed by atoms with Gasteiger partial charge in [0.05, 0.1) is 15.7 Å². The summed E-state index contributed by atoms with van der Waals surface area (Å²) in [6.07, 6.45) is 1.14. The average Bonchev–Trinajstić information content (AvgIpc) is 2.22. The van der Waals surface area contributed by atoms with Gasteiger partial charge in [0.15, 0.2) is 0 Å². The zero-order chi connectivity index (χ0) is 13.3. The van der Waals surface area contributed by atoms with Crippen molar-refractivity contribution < 1.29 is 0 Å². The second-order valence-electron chi connectivity index (χ2n) is 5.47. The molecule has 5 heteroatoms. The first-order valence-corrected chi connectivity index (χ1v) is 8.56. The highest BCUT2D eigenvalue weighted by Gasteiger charge is 2.29. The molecule has 1 atom stereocenters. The van der Waals surface area contributed by atoms with E-state index < -0.39 is 0 Å². The van der Waals surface area contributed by atoms with Crippen molar-refractivity contribution in [3.63, 3.8) is 0 Å². The van der Waals surface area contributed by atoms with Gasteiger partial charge in [0.25, 0.3) is 0 Å². The summed E-state index contributed by atoms with van der Waals surface area (Å²) in [7, 11) is 0. The van der Waals surface area contributed by atoms with Crippen molar-refractivity contribution in [1.29, 1.82) is 0 Å². The molecule has 1 fully saturated rings. The summed E-state index contributed by atoms with van der Waals surface area (Å²) < 4.78 is 0.904. The number of benzene rings is 1. The lowest BCUT2D eigenvalue weighted by molar-refractivity contribution is 0.358. The fourth-order valence-corrected chi connectivity index (χ4v) is 4.83. The smallest absolute Gasteiger partial charge is 0.0722 e. The molecule has 1 saturated heterocycles. The molecule has 1 N–H and O–H groups in total. The van der Waals surface area contributed by atoms with Crippen molar-refractivity contribution in [2.24, 2.45) is 5.41 Å². The van der Waals surface area contributed by atoms with Crippen molar-refractivity contribution >= 4 is 56.6 Å². The van der Waals surface area contributed by atoms with Crippen LogP contribution in [0.15, 0.2) is 16.6 Å². The first kappa shape index (κ1) is 14.8. The summed E-state index contributed by atoms with van der Waals surface area (Å²) in [5.41, 5.74) is 1.22. The van der Waals surface area contributed by atoms with Crippen molar-refractivity contribution in [3.8, 4) is 0 Å². The molecule has 1 aromatic carbocycles. The number of halogens is 3. The molecule has 1 unspecified atom stereocenters. The summed E-state index contributed by atoms with van der Waals surface area (Å²) in [5.74, 6) is 2.32. The van der Waals surface area contributed by atoms with Crippen LogP contribution in [0.5, 0.6) is 0 Å². The Balaban J connectivity index is 2.14. The Hall–Kier alpha value is 0.430. The summed E-state index contributed by atoms with van der Waals surface area (Å²) in [5, 5.41) is 4.83. The topological polar surface area (TPSA) is 12.0 Å². The highest BCUT2D eigenvalue weighted by atomic mass is 79.9. The fraction of sp³-hybridized carbons (Fsp3) is 0.538. The number of thioether (sulfide) groups is 1. The highest BCUT2D eigenvalue weighted by molar-refractivity contribution is 9.10. The lowest BCUT2D eigenvalue weighted by atomic mass is 9.88. The minimum atomic E-state index is 0.370. The van der Waals surface area contributed by atoms with E-state index in [1.54, 1.807) is 0 Å². The Labute approximate surface area is 131 Å². The van der Waals surface area contributed by atoms with Gasteiger partial charge in [-0.05, 0) is 29.7 Å². The molecule has 0 aromatic heterocycles. The van der Waals surface area contributed by atoms with Crippen molar-refractivity contribution in [2.75, 3.05) is 16.8 Å². The van der Waals surface area contributed by atoms with Gasteiger partial charge in [0.1, 0.15) is 0 Å². The maximum absolute atomic E-state index is 6.24. The van der Waals surface area contributed by atoms with Crippen LogP contribution in [0.4, 0.5) is 5.69 Å². The molecule has 0 aliphatic carbocycles. The number of nitrogens with one attached hydrogen (secondary N) is 1. The Bertz CT molecular complexity index is 428. The molecule has 1 heterocycles. The predicted molar refractivity (Wildman–Crippen MR) is 87.3 cm³/mol. The van der Waals surface area contributed by atoms with E-state index in [1.807, 2.05) is 23.9 Å². The Morgan fingerprint density at radius 1 is 1.33 bits per heavy atom. The van der Waals surface area contributed by atoms with Gasteiger partial charge in [-0.15, -0.1) is 0 Å².